The maximum absolute atomic E-state index is 11.8. The van der Waals surface area contributed by atoms with Crippen molar-refractivity contribution in [1.82, 2.24) is 0 Å². The molecule has 2 bridgehead atoms. The molecule has 10 nitrogen and oxygen atoms in total. The van der Waals surface area contributed by atoms with Crippen LogP contribution in [-0.4, -0.2) is 72.3 Å². The molecule has 0 amide bonds. The van der Waals surface area contributed by atoms with Gasteiger partial charge in [0.25, 0.3) is 0 Å². The summed E-state index contributed by atoms with van der Waals surface area (Å²) in [5.74, 6) is 0. The van der Waals surface area contributed by atoms with E-state index in [0.717, 1.165) is 4.70 Å². The van der Waals surface area contributed by atoms with Gasteiger partial charge in [-0.25, -0.2) is 0 Å². The van der Waals surface area contributed by atoms with Gasteiger partial charge in [-0.1, -0.05) is 4.57 Å². The predicted molar refractivity (Wildman–Crippen MR) is 94.1 cm³/mol. The maximum atomic E-state index is 11.8. The lowest BCUT2D eigenvalue weighted by Gasteiger charge is -2.35. The van der Waals surface area contributed by atoms with E-state index in [-0.39, 0.29) is 31.6 Å². The second-order valence-corrected chi connectivity index (χ2v) is 8.43. The van der Waals surface area contributed by atoms with Crippen molar-refractivity contribution in [3.63, 3.8) is 0 Å². The zero-order valence-electron chi connectivity index (χ0n) is 15.3. The summed E-state index contributed by atoms with van der Waals surface area (Å²) in [6.45, 7) is 3.25. The van der Waals surface area contributed by atoms with Gasteiger partial charge < -0.3 is 43.9 Å². The lowest BCUT2D eigenvalue weighted by atomic mass is 9.94. The minimum atomic E-state index is -3.26. The summed E-state index contributed by atoms with van der Waals surface area (Å²) in [5.41, 5.74) is 9.10. The van der Waals surface area contributed by atoms with Crippen LogP contribution in [0.15, 0.2) is 10.8 Å². The second-order valence-electron chi connectivity index (χ2n) is 6.49. The predicted octanol–water partition coefficient (Wildman–Crippen LogP) is 0.980. The average molecular weight is 424 g/mol. The Morgan fingerprint density at radius 2 is 1.67 bits per heavy atom. The lowest BCUT2D eigenvalue weighted by Crippen LogP contribution is -2.46. The molecular weight excluding hydrogens is 398 g/mol. The first kappa shape index (κ1) is 22.7. The Morgan fingerprint density at radius 1 is 1.11 bits per heavy atom. The van der Waals surface area contributed by atoms with Gasteiger partial charge in [-0.2, -0.15) is 0 Å². The molecule has 12 heteroatoms. The molecule has 0 aromatic rings. The number of hydrogen-bond donors (Lipinski definition) is 2. The first-order valence-electron chi connectivity index (χ1n) is 8.79. The van der Waals surface area contributed by atoms with Crippen LogP contribution >= 0.6 is 16.4 Å². The summed E-state index contributed by atoms with van der Waals surface area (Å²) in [6, 6.07) is -0.443. The Bertz CT molecular complexity index is 574. The first-order chi connectivity index (χ1) is 12.9. The third-order valence-corrected chi connectivity index (χ3v) is 6.64. The van der Waals surface area contributed by atoms with E-state index in [9.17, 15) is 24.8 Å². The lowest BCUT2D eigenvalue weighted by molar-refractivity contribution is -0.648. The van der Waals surface area contributed by atoms with E-state index in [1.807, 2.05) is 0 Å². The van der Waals surface area contributed by atoms with Crippen LogP contribution in [0.4, 0.5) is 0 Å². The van der Waals surface area contributed by atoms with Gasteiger partial charge >= 0.3 is 13.5 Å². The molecule has 0 aromatic carbocycles. The fourth-order valence-corrected chi connectivity index (χ4v) is 5.21. The van der Waals surface area contributed by atoms with Crippen molar-refractivity contribution in [3.05, 3.63) is 16.3 Å². The normalized spacial score (nSPS) is 30.2. The standard InChI is InChI=1S/C15H26N2O8P2/c1-15-4-7-24-9-8-22-5-2-12(17(15)16)3-6-23-10-11-25-14(27(20)21)13(15)26(18)19/h12,18-19H,2-11H2,1H3. The fourth-order valence-electron chi connectivity index (χ4n) is 3.20. The van der Waals surface area contributed by atoms with E-state index >= 15 is 0 Å². The van der Waals surface area contributed by atoms with Crippen molar-refractivity contribution in [2.75, 3.05) is 46.2 Å². The molecule has 3 atom stereocenters. The molecule has 0 aliphatic carbocycles. The Morgan fingerprint density at radius 3 is 2.22 bits per heavy atom. The van der Waals surface area contributed by atoms with Crippen LogP contribution in [-0.2, 0) is 23.5 Å². The van der Waals surface area contributed by atoms with Gasteiger partial charge in [0, 0.05) is 26.2 Å². The first-order valence-corrected chi connectivity index (χ1v) is 11.2. The zero-order chi connectivity index (χ0) is 19.9. The largest absolute Gasteiger partial charge is 0.588 e. The number of fused-ring (bicyclic) bond motifs is 2. The third kappa shape index (κ3) is 5.95. The van der Waals surface area contributed by atoms with Gasteiger partial charge in [0.2, 0.25) is 8.38 Å². The molecular formula is C15H26N2O8P2. The van der Waals surface area contributed by atoms with Gasteiger partial charge in [-0.15, -0.1) is 0 Å². The molecule has 1 fully saturated rings. The van der Waals surface area contributed by atoms with Crippen LogP contribution in [0, 0.1) is 0 Å². The number of rotatable bonds is 2. The molecule has 1 saturated heterocycles. The summed E-state index contributed by atoms with van der Waals surface area (Å²) < 4.78 is 34.5. The van der Waals surface area contributed by atoms with Crippen molar-refractivity contribution < 1.29 is 42.9 Å². The Balaban J connectivity index is 2.57. The van der Waals surface area contributed by atoms with E-state index in [0.29, 0.717) is 39.3 Å². The molecule has 2 N–H and O–H groups in total. The molecule has 2 aliphatic heterocycles. The maximum Gasteiger partial charge on any atom is 0.389 e. The van der Waals surface area contributed by atoms with Gasteiger partial charge in [0.05, 0.1) is 39.6 Å². The molecule has 0 spiro atoms. The van der Waals surface area contributed by atoms with E-state index in [1.54, 1.807) is 6.92 Å². The van der Waals surface area contributed by atoms with Gasteiger partial charge in [-0.3, -0.25) is 0 Å². The average Bonchev–Trinajstić information content (AvgIpc) is 2.65. The summed E-state index contributed by atoms with van der Waals surface area (Å²) in [7, 11) is -6.11. The Labute approximate surface area is 160 Å². The van der Waals surface area contributed by atoms with Crippen molar-refractivity contribution in [1.29, 1.82) is 0 Å². The van der Waals surface area contributed by atoms with Crippen molar-refractivity contribution in [2.45, 2.75) is 37.8 Å². The molecule has 154 valence electrons. The second kappa shape index (κ2) is 10.8. The monoisotopic (exact) mass is 424 g/mol. The van der Waals surface area contributed by atoms with E-state index < -0.39 is 33.5 Å². The minimum absolute atomic E-state index is 0.0584. The Kier molecular flexibility index (Phi) is 9.11. The zero-order valence-corrected chi connectivity index (χ0v) is 17.1. The quantitative estimate of drug-likeness (QED) is 0.493. The third-order valence-electron chi connectivity index (χ3n) is 4.69. The van der Waals surface area contributed by atoms with Gasteiger partial charge in [0.1, 0.15) is 12.6 Å². The van der Waals surface area contributed by atoms with Crippen molar-refractivity contribution in [3.8, 4) is 0 Å². The fraction of sp³-hybridized carbons (Fsp3) is 0.867. The van der Waals surface area contributed by atoms with Crippen LogP contribution in [0.25, 0.3) is 5.53 Å². The van der Waals surface area contributed by atoms with Gasteiger partial charge in [-0.05, 0) is 0 Å². The van der Waals surface area contributed by atoms with Crippen LogP contribution in [0.3, 0.4) is 0 Å². The molecule has 27 heavy (non-hydrogen) atoms. The van der Waals surface area contributed by atoms with Gasteiger partial charge in [0.15, 0.2) is 10.9 Å². The number of nitrogens with zero attached hydrogens (tertiary/aromatic N) is 2. The molecule has 0 aromatic heterocycles. The summed E-state index contributed by atoms with van der Waals surface area (Å²) in [4.78, 5) is 31.9. The molecule has 0 radical (unpaired) electrons. The highest BCUT2D eigenvalue weighted by atomic mass is 31.2. The summed E-state index contributed by atoms with van der Waals surface area (Å²) >= 11 is 0. The smallest absolute Gasteiger partial charge is 0.389 e. The number of ether oxygens (including phenoxy) is 4. The molecule has 2 heterocycles. The van der Waals surface area contributed by atoms with Crippen LogP contribution < -0.4 is 4.89 Å². The Hall–Kier alpha value is -0.570. The highest BCUT2D eigenvalue weighted by Crippen LogP contribution is 2.52. The summed E-state index contributed by atoms with van der Waals surface area (Å²) in [6.07, 6.45) is 1.04. The topological polar surface area (TPSA) is 143 Å². The van der Waals surface area contributed by atoms with E-state index in [1.165, 1.54) is 0 Å². The molecule has 0 saturated carbocycles. The highest BCUT2D eigenvalue weighted by molar-refractivity contribution is 7.52. The van der Waals surface area contributed by atoms with Crippen LogP contribution in [0.5, 0.6) is 0 Å². The van der Waals surface area contributed by atoms with Crippen molar-refractivity contribution in [2.24, 2.45) is 0 Å². The SMILES string of the molecule is CC12CCOCCOCCC(CCOCCOC([P+](=O)[O-])=C1P(O)O)[N+]2=[N-]. The molecule has 3 unspecified atom stereocenters. The van der Waals surface area contributed by atoms with Crippen LogP contribution in [0.2, 0.25) is 0 Å². The molecule has 2 aliphatic rings. The molecule has 2 rings (SSSR count). The van der Waals surface area contributed by atoms with E-state index in [2.05, 4.69) is 0 Å². The highest BCUT2D eigenvalue weighted by Gasteiger charge is 2.49. The van der Waals surface area contributed by atoms with Crippen molar-refractivity contribution >= 4 is 16.4 Å². The minimum Gasteiger partial charge on any atom is -0.588 e. The summed E-state index contributed by atoms with van der Waals surface area (Å²) in [5, 5.41) is -0.258. The van der Waals surface area contributed by atoms with E-state index in [4.69, 9.17) is 18.9 Å². The number of hydrogen-bond acceptors (Lipinski definition) is 8. The van der Waals surface area contributed by atoms with Crippen LogP contribution in [0.1, 0.15) is 26.2 Å².